The zero-order valence-electron chi connectivity index (χ0n) is 65.5. The van der Waals surface area contributed by atoms with Crippen LogP contribution in [0.5, 0.6) is 17.2 Å². The fraction of sp³-hybridized carbons (Fsp3) is 0.714. The predicted molar refractivity (Wildman–Crippen MR) is 402 cm³/mol. The van der Waals surface area contributed by atoms with Gasteiger partial charge >= 0.3 is 7.82 Å². The molecule has 107 heavy (non-hydrogen) atoms. The molecule has 0 radical (unpaired) electrons. The normalized spacial score (nSPS) is 40.8. The number of phosphoric ester groups is 1. The number of methoxy groups -OCH3 is 6. The van der Waals surface area contributed by atoms with Crippen LogP contribution in [0.3, 0.4) is 0 Å². The lowest BCUT2D eigenvalue weighted by atomic mass is 9.67. The number of carbonyl (C=O) groups excluding carboxylic acids is 6. The molecule has 0 spiro atoms. The average molecular weight is 1500 g/mol. The molecule has 0 N–H and O–H groups in total. The second kappa shape index (κ2) is 29.7. The lowest BCUT2D eigenvalue weighted by Crippen LogP contribution is -2.70. The van der Waals surface area contributed by atoms with Gasteiger partial charge < -0.3 is 42.0 Å². The average Bonchev–Trinajstić information content (AvgIpc) is 0.745. The van der Waals surface area contributed by atoms with Gasteiger partial charge in [0.25, 0.3) is 0 Å². The van der Waals surface area contributed by atoms with Crippen LogP contribution < -0.4 is 13.6 Å². The summed E-state index contributed by atoms with van der Waals surface area (Å²) in [5.74, 6) is -0.0860. The van der Waals surface area contributed by atoms with Crippen LogP contribution in [0.1, 0.15) is 152 Å². The first kappa shape index (κ1) is 77.2. The molecule has 0 aromatic heterocycles. The highest BCUT2D eigenvalue weighted by atomic mass is 31.2. The van der Waals surface area contributed by atoms with Gasteiger partial charge in [0, 0.05) is 192 Å². The molecule has 0 saturated carbocycles. The fourth-order valence-corrected chi connectivity index (χ4v) is 25.9. The summed E-state index contributed by atoms with van der Waals surface area (Å²) in [5.41, 5.74) is -2.61. The highest BCUT2D eigenvalue weighted by Gasteiger charge is 2.63. The van der Waals surface area contributed by atoms with Gasteiger partial charge in [-0.1, -0.05) is 36.4 Å². The summed E-state index contributed by atoms with van der Waals surface area (Å²) in [4.78, 5) is 105. The number of piperidine rings is 18. The Bertz CT molecular complexity index is 3600. The highest BCUT2D eigenvalue weighted by molar-refractivity contribution is 7.49. The van der Waals surface area contributed by atoms with E-state index < -0.39 is 41.1 Å². The molecule has 0 amide bonds. The molecule has 18 aliphatic heterocycles. The number of Topliss-reactive ketones (excluding diaryl/α,β-unsaturated/α-hetero) is 6. The smallest absolute Gasteiger partial charge is 0.386 e. The van der Waals surface area contributed by atoms with Crippen LogP contribution in [-0.2, 0) is 100 Å². The maximum absolute atomic E-state index is 17.9. The molecule has 21 rings (SSSR count). The number of ketones is 6. The van der Waals surface area contributed by atoms with E-state index in [0.29, 0.717) is 74.8 Å². The molecule has 12 bridgehead atoms. The van der Waals surface area contributed by atoms with Gasteiger partial charge in [-0.25, -0.2) is 0 Å². The Kier molecular flexibility index (Phi) is 21.4. The Morgan fingerprint density at radius 3 is 0.673 bits per heavy atom. The second-order valence-corrected chi connectivity index (χ2v) is 36.6. The Hall–Kier alpha value is -5.17. The SMILES string of the molecule is COCC1(Cc2ccc(OP(=O)(Oc3ccc(CC4(COC)C(=O)C5CCN4C(C)C5)cc3CC3(COC)C(=O)C4CCN3C(C)C4)Oc3ccc(CC4(COC)C(=O)C5CCN4C(C)C5)cc3CC3(COC)C(=O)C4CCN3C(C)C4)c(CC3(COC)C(=O)C4CCN3C(C)C4)c2)C(=O)C2CCN1C(C)C2. The van der Waals surface area contributed by atoms with Gasteiger partial charge in [-0.2, -0.15) is 4.57 Å². The lowest BCUT2D eigenvalue weighted by molar-refractivity contribution is -0.159. The van der Waals surface area contributed by atoms with Gasteiger partial charge in [0.1, 0.15) is 50.5 Å². The minimum Gasteiger partial charge on any atom is -0.386 e. The molecular weight excluding hydrogens is 1380 g/mol. The molecule has 18 aliphatic rings. The third-order valence-electron chi connectivity index (χ3n) is 28.8. The lowest BCUT2D eigenvalue weighted by Gasteiger charge is -2.56. The first-order valence-electron chi connectivity index (χ1n) is 40.2. The summed E-state index contributed by atoms with van der Waals surface area (Å²) < 4.78 is 76.6. The van der Waals surface area contributed by atoms with E-state index >= 15 is 18.9 Å². The molecule has 18 fully saturated rings. The predicted octanol–water partition coefficient (Wildman–Crippen LogP) is 9.00. The van der Waals surface area contributed by atoms with Gasteiger partial charge in [-0.3, -0.25) is 58.2 Å². The number of ether oxygens (including phenoxy) is 6. The Morgan fingerprint density at radius 1 is 0.308 bits per heavy atom. The number of fused-ring (bicyclic) bond motifs is 18. The summed E-state index contributed by atoms with van der Waals surface area (Å²) in [6, 6.07) is 17.5. The maximum Gasteiger partial charge on any atom is 0.647 e. The van der Waals surface area contributed by atoms with Crippen molar-refractivity contribution in [1.82, 2.24) is 29.4 Å². The van der Waals surface area contributed by atoms with Crippen molar-refractivity contribution in [3.8, 4) is 17.2 Å². The molecule has 3 aromatic rings. The van der Waals surface area contributed by atoms with Gasteiger partial charge in [0.05, 0.1) is 39.6 Å². The van der Waals surface area contributed by atoms with Crippen LogP contribution in [0, 0.1) is 35.5 Å². The van der Waals surface area contributed by atoms with E-state index in [4.69, 9.17) is 42.0 Å². The van der Waals surface area contributed by atoms with Crippen molar-refractivity contribution >= 4 is 42.5 Å². The Morgan fingerprint density at radius 2 is 0.495 bits per heavy atom. The van der Waals surface area contributed by atoms with E-state index in [-0.39, 0.29) is 202 Å². The van der Waals surface area contributed by atoms with Crippen LogP contribution in [0.15, 0.2) is 54.6 Å². The van der Waals surface area contributed by atoms with Crippen molar-refractivity contribution in [1.29, 1.82) is 0 Å². The summed E-state index contributed by atoms with van der Waals surface area (Å²) in [6.07, 6.45) is 9.95. The van der Waals surface area contributed by atoms with Gasteiger partial charge in [0.15, 0.2) is 34.7 Å². The van der Waals surface area contributed by atoms with E-state index in [1.54, 1.807) is 60.9 Å². The Balaban J connectivity index is 0.923. The topological polar surface area (TPSA) is 222 Å². The first-order valence-corrected chi connectivity index (χ1v) is 41.6. The number of hydrogen-bond acceptors (Lipinski definition) is 22. The molecule has 584 valence electrons. The van der Waals surface area contributed by atoms with Crippen molar-refractivity contribution in [3.63, 3.8) is 0 Å². The van der Waals surface area contributed by atoms with Gasteiger partial charge in [-0.15, -0.1) is 0 Å². The molecule has 18 heterocycles. The van der Waals surface area contributed by atoms with Crippen LogP contribution >= 0.6 is 7.82 Å². The summed E-state index contributed by atoms with van der Waals surface area (Å²) >= 11 is 0. The quantitative estimate of drug-likeness (QED) is 0.0568. The van der Waals surface area contributed by atoms with E-state index in [2.05, 4.69) is 70.9 Å². The summed E-state index contributed by atoms with van der Waals surface area (Å²) in [7, 11) is 4.48. The number of hydrogen-bond donors (Lipinski definition) is 0. The van der Waals surface area contributed by atoms with Crippen LogP contribution in [0.2, 0.25) is 0 Å². The largest absolute Gasteiger partial charge is 0.647 e. The standard InChI is InChI=1S/C84H117N6O16P/c1-52-31-61-19-25-85(52)79(46-98-7,73(61)91)40-58-13-16-70(67(37-58)43-82(49-101-10)76(94)64-22-28-88(82)55(4)34-64)104-107(97,105-71-17-14-59(41-80(47-99-8)74(92)62-20-26-86(80)53(2)32-62)38-68(71)44-83(50-102-11)77(95)65-23-29-89(83)56(5)35-65)106-72-18-15-60(42-81(48-100-9)75(93)63-21-27-87(81)54(3)33-63)39-69(72)45-84(51-103-12)78(96)66-24-30-90(84)57(6)36-66/h13-18,37-39,52-57,61-66H,19-36,40-51H2,1-12H3. The number of phosphoric acid groups is 1. The molecule has 3 aromatic carbocycles. The maximum atomic E-state index is 17.9. The van der Waals surface area contributed by atoms with E-state index in [0.717, 1.165) is 74.8 Å². The zero-order valence-corrected chi connectivity index (χ0v) is 66.4. The van der Waals surface area contributed by atoms with Crippen molar-refractivity contribution in [2.75, 3.05) is 122 Å². The third-order valence-corrected chi connectivity index (χ3v) is 30.0. The number of carbonyl (C=O) groups is 6. The molecule has 0 aliphatic carbocycles. The van der Waals surface area contributed by atoms with Crippen LogP contribution in [0.25, 0.3) is 0 Å². The zero-order chi connectivity index (χ0) is 75.5. The molecular formula is C84H117N6O16P. The van der Waals surface area contributed by atoms with Crippen molar-refractivity contribution in [3.05, 3.63) is 88.0 Å². The second-order valence-electron chi connectivity index (χ2n) is 35.2. The van der Waals surface area contributed by atoms with Crippen molar-refractivity contribution in [2.24, 2.45) is 35.5 Å². The number of nitrogens with zero attached hydrogens (tertiary/aromatic N) is 6. The van der Waals surface area contributed by atoms with Crippen molar-refractivity contribution < 1.29 is 75.3 Å². The molecule has 22 nitrogen and oxygen atoms in total. The number of benzene rings is 3. The summed E-state index contributed by atoms with van der Waals surface area (Å²) in [5, 5.41) is 0. The first-order chi connectivity index (χ1) is 51.3. The highest BCUT2D eigenvalue weighted by Crippen LogP contribution is 2.57. The molecule has 23 heteroatoms. The minimum absolute atomic E-state index is 0.0241. The van der Waals surface area contributed by atoms with Gasteiger partial charge in [0.2, 0.25) is 0 Å². The monoisotopic (exact) mass is 1500 g/mol. The minimum atomic E-state index is -5.30. The molecule has 24 unspecified atom stereocenters. The van der Waals surface area contributed by atoms with E-state index in [1.807, 2.05) is 36.4 Å². The van der Waals surface area contributed by atoms with E-state index in [1.165, 1.54) is 0 Å². The summed E-state index contributed by atoms with van der Waals surface area (Å²) in [6.45, 7) is 17.9. The van der Waals surface area contributed by atoms with Crippen LogP contribution in [0.4, 0.5) is 0 Å². The molecule has 24 atom stereocenters. The third kappa shape index (κ3) is 12.9. The number of rotatable bonds is 30. The molecule has 18 saturated heterocycles. The van der Waals surface area contributed by atoms with Gasteiger partial charge in [-0.05, 0) is 170 Å². The fourth-order valence-electron chi connectivity index (χ4n) is 24.5. The van der Waals surface area contributed by atoms with Crippen LogP contribution in [-0.4, -0.2) is 255 Å². The Labute approximate surface area is 633 Å². The van der Waals surface area contributed by atoms with Crippen molar-refractivity contribution in [2.45, 2.75) is 227 Å². The van der Waals surface area contributed by atoms with E-state index in [9.17, 15) is 14.4 Å².